The number of anilines is 2. The summed E-state index contributed by atoms with van der Waals surface area (Å²) in [5.41, 5.74) is 3.47. The molecule has 2 N–H and O–H groups in total. The van der Waals surface area contributed by atoms with Crippen LogP contribution in [0, 0.1) is 5.82 Å². The first-order valence-corrected chi connectivity index (χ1v) is 10.5. The summed E-state index contributed by atoms with van der Waals surface area (Å²) in [6.07, 6.45) is 0.255. The highest BCUT2D eigenvalue weighted by Crippen LogP contribution is 2.22. The lowest BCUT2D eigenvalue weighted by atomic mass is 10.2. The molecule has 0 spiro atoms. The van der Waals surface area contributed by atoms with Crippen molar-refractivity contribution in [3.63, 3.8) is 0 Å². The van der Waals surface area contributed by atoms with Gasteiger partial charge < -0.3 is 15.4 Å². The molecule has 1 fully saturated rings. The fourth-order valence-electron chi connectivity index (χ4n) is 3.20. The van der Waals surface area contributed by atoms with Crippen molar-refractivity contribution in [2.24, 2.45) is 0 Å². The number of hydrogen-bond donors (Lipinski definition) is 2. The van der Waals surface area contributed by atoms with Gasteiger partial charge in [0.05, 0.1) is 34.6 Å². The first kappa shape index (κ1) is 20.4. The molecule has 0 unspecified atom stereocenters. The third kappa shape index (κ3) is 4.99. The highest BCUT2D eigenvalue weighted by molar-refractivity contribution is 7.16. The second-order valence-electron chi connectivity index (χ2n) is 6.94. The van der Waals surface area contributed by atoms with Crippen molar-refractivity contribution in [2.75, 3.05) is 43.5 Å². The zero-order chi connectivity index (χ0) is 20.9. The Morgan fingerprint density at radius 3 is 2.80 bits per heavy atom. The minimum absolute atomic E-state index is 0.0395. The van der Waals surface area contributed by atoms with Gasteiger partial charge >= 0.3 is 0 Å². The molecule has 2 heterocycles. The number of aromatic nitrogens is 1. The van der Waals surface area contributed by atoms with E-state index >= 15 is 0 Å². The predicted octanol–water partition coefficient (Wildman–Crippen LogP) is 3.35. The number of thiazole rings is 1. The molecular weight excluding hydrogens is 407 g/mol. The number of amides is 2. The minimum Gasteiger partial charge on any atom is -0.379 e. The summed E-state index contributed by atoms with van der Waals surface area (Å²) in [7, 11) is 0. The zero-order valence-electron chi connectivity index (χ0n) is 16.2. The summed E-state index contributed by atoms with van der Waals surface area (Å²) < 4.78 is 20.4. The van der Waals surface area contributed by atoms with Crippen LogP contribution in [0.5, 0.6) is 0 Å². The van der Waals surface area contributed by atoms with Gasteiger partial charge in [-0.15, -0.1) is 11.3 Å². The maximum absolute atomic E-state index is 14.2. The number of rotatable bonds is 6. The standard InChI is InChI=1S/C21H21FN4O3S/c22-16-3-2-15(24-21(28)14-1-4-17-19(11-14)30-13-23-17)12-18(16)25-20(27)5-6-26-7-9-29-10-8-26/h1-4,11-13H,5-10H2,(H,24,28)(H,25,27). The summed E-state index contributed by atoms with van der Waals surface area (Å²) in [5, 5.41) is 5.34. The van der Waals surface area contributed by atoms with Gasteiger partial charge in [0.15, 0.2) is 0 Å². The molecule has 0 aliphatic carbocycles. The number of fused-ring (bicyclic) bond motifs is 1. The molecule has 4 rings (SSSR count). The average molecular weight is 428 g/mol. The second kappa shape index (κ2) is 9.29. The molecule has 2 amide bonds. The van der Waals surface area contributed by atoms with Crippen LogP contribution < -0.4 is 10.6 Å². The van der Waals surface area contributed by atoms with E-state index in [1.54, 1.807) is 23.7 Å². The maximum atomic E-state index is 14.2. The van der Waals surface area contributed by atoms with E-state index in [1.807, 2.05) is 0 Å². The first-order valence-electron chi connectivity index (χ1n) is 9.62. The zero-order valence-corrected chi connectivity index (χ0v) is 17.0. The average Bonchev–Trinajstić information content (AvgIpc) is 3.23. The van der Waals surface area contributed by atoms with E-state index in [9.17, 15) is 14.0 Å². The molecule has 1 aliphatic heterocycles. The summed E-state index contributed by atoms with van der Waals surface area (Å²) in [6.45, 7) is 3.49. The number of morpholine rings is 1. The van der Waals surface area contributed by atoms with Crippen LogP contribution >= 0.6 is 11.3 Å². The fourth-order valence-corrected chi connectivity index (χ4v) is 3.91. The molecule has 1 saturated heterocycles. The van der Waals surface area contributed by atoms with Crippen molar-refractivity contribution in [1.82, 2.24) is 9.88 Å². The Hall–Kier alpha value is -2.88. The van der Waals surface area contributed by atoms with E-state index in [0.717, 1.165) is 23.3 Å². The number of benzene rings is 2. The quantitative estimate of drug-likeness (QED) is 0.629. The van der Waals surface area contributed by atoms with E-state index < -0.39 is 5.82 Å². The lowest BCUT2D eigenvalue weighted by Crippen LogP contribution is -2.38. The molecule has 0 bridgehead atoms. The van der Waals surface area contributed by atoms with Crippen LogP contribution in [0.4, 0.5) is 15.8 Å². The number of carbonyl (C=O) groups is 2. The van der Waals surface area contributed by atoms with Crippen molar-refractivity contribution in [3.05, 3.63) is 53.3 Å². The Morgan fingerprint density at radius 2 is 1.97 bits per heavy atom. The number of halogens is 1. The Bertz CT molecular complexity index is 1070. The predicted molar refractivity (Wildman–Crippen MR) is 114 cm³/mol. The Morgan fingerprint density at radius 1 is 1.13 bits per heavy atom. The van der Waals surface area contributed by atoms with E-state index in [2.05, 4.69) is 20.5 Å². The Kier molecular flexibility index (Phi) is 6.32. The van der Waals surface area contributed by atoms with E-state index in [0.29, 0.717) is 31.0 Å². The maximum Gasteiger partial charge on any atom is 0.255 e. The second-order valence-corrected chi connectivity index (χ2v) is 7.82. The van der Waals surface area contributed by atoms with Crippen molar-refractivity contribution in [2.45, 2.75) is 6.42 Å². The molecule has 1 aromatic heterocycles. The lowest BCUT2D eigenvalue weighted by Gasteiger charge is -2.26. The Balaban J connectivity index is 1.38. The van der Waals surface area contributed by atoms with Crippen molar-refractivity contribution in [3.8, 4) is 0 Å². The smallest absolute Gasteiger partial charge is 0.255 e. The number of hydrogen-bond acceptors (Lipinski definition) is 6. The molecule has 9 heteroatoms. The van der Waals surface area contributed by atoms with Gasteiger partial charge in [0.25, 0.3) is 5.91 Å². The summed E-state index contributed by atoms with van der Waals surface area (Å²) >= 11 is 1.45. The van der Waals surface area contributed by atoms with Gasteiger partial charge in [-0.2, -0.15) is 0 Å². The fraction of sp³-hybridized carbons (Fsp3) is 0.286. The third-order valence-corrected chi connectivity index (χ3v) is 5.64. The van der Waals surface area contributed by atoms with Gasteiger partial charge in [-0.1, -0.05) is 0 Å². The minimum atomic E-state index is -0.557. The number of carbonyl (C=O) groups excluding carboxylic acids is 2. The molecule has 0 radical (unpaired) electrons. The molecule has 3 aromatic rings. The van der Waals surface area contributed by atoms with Gasteiger partial charge in [0, 0.05) is 37.3 Å². The van der Waals surface area contributed by atoms with Crippen molar-refractivity contribution >= 4 is 44.7 Å². The summed E-state index contributed by atoms with van der Waals surface area (Å²) in [5.74, 6) is -1.15. The number of nitrogens with one attached hydrogen (secondary N) is 2. The molecule has 30 heavy (non-hydrogen) atoms. The van der Waals surface area contributed by atoms with Gasteiger partial charge in [0.2, 0.25) is 5.91 Å². The molecule has 2 aromatic carbocycles. The monoisotopic (exact) mass is 428 g/mol. The van der Waals surface area contributed by atoms with Crippen LogP contribution in [0.15, 0.2) is 41.9 Å². The third-order valence-electron chi connectivity index (χ3n) is 4.85. The highest BCUT2D eigenvalue weighted by atomic mass is 32.1. The number of nitrogens with zero attached hydrogens (tertiary/aromatic N) is 2. The largest absolute Gasteiger partial charge is 0.379 e. The first-order chi connectivity index (χ1) is 14.6. The topological polar surface area (TPSA) is 83.6 Å². The van der Waals surface area contributed by atoms with Gasteiger partial charge in [-0.05, 0) is 36.4 Å². The van der Waals surface area contributed by atoms with Crippen LogP contribution in [-0.2, 0) is 9.53 Å². The molecular formula is C21H21FN4O3S. The van der Waals surface area contributed by atoms with Crippen LogP contribution in [0.2, 0.25) is 0 Å². The highest BCUT2D eigenvalue weighted by Gasteiger charge is 2.14. The van der Waals surface area contributed by atoms with Crippen LogP contribution in [-0.4, -0.2) is 54.5 Å². The van der Waals surface area contributed by atoms with E-state index in [4.69, 9.17) is 4.74 Å². The Labute approximate surface area is 176 Å². The summed E-state index contributed by atoms with van der Waals surface area (Å²) in [4.78, 5) is 31.1. The lowest BCUT2D eigenvalue weighted by molar-refractivity contribution is -0.116. The molecule has 0 saturated carbocycles. The van der Waals surface area contributed by atoms with E-state index in [1.165, 1.54) is 29.5 Å². The summed E-state index contributed by atoms with van der Waals surface area (Å²) in [6, 6.07) is 9.34. The van der Waals surface area contributed by atoms with Crippen LogP contribution in [0.3, 0.4) is 0 Å². The SMILES string of the molecule is O=C(CCN1CCOCC1)Nc1cc(NC(=O)c2ccc3ncsc3c2)ccc1F. The van der Waals surface area contributed by atoms with Crippen LogP contribution in [0.1, 0.15) is 16.8 Å². The van der Waals surface area contributed by atoms with E-state index in [-0.39, 0.29) is 23.9 Å². The van der Waals surface area contributed by atoms with Gasteiger partial charge in [0.1, 0.15) is 5.82 Å². The number of ether oxygens (including phenoxy) is 1. The molecule has 0 atom stereocenters. The van der Waals surface area contributed by atoms with Crippen molar-refractivity contribution in [1.29, 1.82) is 0 Å². The van der Waals surface area contributed by atoms with Crippen molar-refractivity contribution < 1.29 is 18.7 Å². The van der Waals surface area contributed by atoms with Crippen LogP contribution in [0.25, 0.3) is 10.2 Å². The molecule has 156 valence electrons. The molecule has 1 aliphatic rings. The molecule has 7 nitrogen and oxygen atoms in total. The normalized spacial score (nSPS) is 14.6. The van der Waals surface area contributed by atoms with Gasteiger partial charge in [-0.3, -0.25) is 14.5 Å². The van der Waals surface area contributed by atoms with Gasteiger partial charge in [-0.25, -0.2) is 9.37 Å².